The highest BCUT2D eigenvalue weighted by atomic mass is 32.2. The minimum atomic E-state index is -3.22. The van der Waals surface area contributed by atoms with Gasteiger partial charge in [0.15, 0.2) is 0 Å². The van der Waals surface area contributed by atoms with Gasteiger partial charge in [-0.15, -0.1) is 0 Å². The number of hydrogen-bond acceptors (Lipinski definition) is 4. The summed E-state index contributed by atoms with van der Waals surface area (Å²) in [4.78, 5) is 0. The van der Waals surface area contributed by atoms with Gasteiger partial charge in [0.25, 0.3) is 0 Å². The van der Waals surface area contributed by atoms with E-state index < -0.39 is 10.0 Å². The van der Waals surface area contributed by atoms with Gasteiger partial charge < -0.3 is 10.1 Å². The summed E-state index contributed by atoms with van der Waals surface area (Å²) in [5.74, 6) is 0.0364. The largest absolute Gasteiger partial charge is 0.378 e. The van der Waals surface area contributed by atoms with Crippen LogP contribution in [0.15, 0.2) is 0 Å². The molecule has 0 spiro atoms. The molecular weight excluding hydrogens is 252 g/mol. The number of rotatable bonds is 7. The average Bonchev–Trinajstić information content (AvgIpc) is 2.27. The number of nitrogens with one attached hydrogen (secondary N) is 2. The standard InChI is InChI=1S/C12H26N2O3S/c1-11(2)17-7-8-18(15,16)14-10-12(3)5-4-6-13-9-12/h11,13-14H,4-10H2,1-3H3. The summed E-state index contributed by atoms with van der Waals surface area (Å²) in [6, 6.07) is 0. The van der Waals surface area contributed by atoms with Crippen molar-refractivity contribution in [1.29, 1.82) is 0 Å². The van der Waals surface area contributed by atoms with Crippen LogP contribution in [0.5, 0.6) is 0 Å². The van der Waals surface area contributed by atoms with Gasteiger partial charge in [-0.3, -0.25) is 0 Å². The van der Waals surface area contributed by atoms with Gasteiger partial charge in [-0.25, -0.2) is 13.1 Å². The lowest BCUT2D eigenvalue weighted by atomic mass is 9.83. The number of piperidine rings is 1. The number of hydrogen-bond donors (Lipinski definition) is 2. The fourth-order valence-electron chi connectivity index (χ4n) is 2.02. The highest BCUT2D eigenvalue weighted by Crippen LogP contribution is 2.24. The van der Waals surface area contributed by atoms with Crippen LogP contribution in [0.3, 0.4) is 0 Å². The fraction of sp³-hybridized carbons (Fsp3) is 1.00. The maximum absolute atomic E-state index is 11.8. The molecule has 1 atom stereocenters. The molecule has 1 aliphatic rings. The summed E-state index contributed by atoms with van der Waals surface area (Å²) in [7, 11) is -3.22. The summed E-state index contributed by atoms with van der Waals surface area (Å²) in [6.07, 6.45) is 2.24. The molecule has 0 amide bonds. The first kappa shape index (κ1) is 15.9. The lowest BCUT2D eigenvalue weighted by Gasteiger charge is -2.34. The van der Waals surface area contributed by atoms with Crippen molar-refractivity contribution in [2.45, 2.75) is 39.7 Å². The van der Waals surface area contributed by atoms with Gasteiger partial charge >= 0.3 is 0 Å². The van der Waals surface area contributed by atoms with Gasteiger partial charge in [0.2, 0.25) is 10.0 Å². The Balaban J connectivity index is 2.32. The second kappa shape index (κ2) is 6.84. The quantitative estimate of drug-likeness (QED) is 0.720. The molecule has 0 saturated carbocycles. The van der Waals surface area contributed by atoms with Gasteiger partial charge in [0, 0.05) is 13.1 Å². The SMILES string of the molecule is CC(C)OCCS(=O)(=O)NCC1(C)CCCNC1. The first-order chi connectivity index (χ1) is 8.33. The Bertz CT molecular complexity index is 335. The van der Waals surface area contributed by atoms with Crippen molar-refractivity contribution in [3.63, 3.8) is 0 Å². The zero-order valence-electron chi connectivity index (χ0n) is 11.7. The minimum Gasteiger partial charge on any atom is -0.378 e. The van der Waals surface area contributed by atoms with Crippen molar-refractivity contribution < 1.29 is 13.2 Å². The predicted molar refractivity (Wildman–Crippen MR) is 73.1 cm³/mol. The lowest BCUT2D eigenvalue weighted by molar-refractivity contribution is 0.0911. The third-order valence-electron chi connectivity index (χ3n) is 3.21. The Morgan fingerprint density at radius 2 is 2.17 bits per heavy atom. The summed E-state index contributed by atoms with van der Waals surface area (Å²) in [5, 5.41) is 3.31. The molecule has 0 aromatic rings. The monoisotopic (exact) mass is 278 g/mol. The highest BCUT2D eigenvalue weighted by Gasteiger charge is 2.28. The van der Waals surface area contributed by atoms with Crippen LogP contribution in [0, 0.1) is 5.41 Å². The van der Waals surface area contributed by atoms with E-state index >= 15 is 0 Å². The normalized spacial score (nSPS) is 25.6. The first-order valence-electron chi connectivity index (χ1n) is 6.63. The van der Waals surface area contributed by atoms with Crippen LogP contribution < -0.4 is 10.0 Å². The van der Waals surface area contributed by atoms with Crippen molar-refractivity contribution in [3.8, 4) is 0 Å². The van der Waals surface area contributed by atoms with Crippen LogP contribution in [-0.4, -0.2) is 46.5 Å². The van der Waals surface area contributed by atoms with Crippen LogP contribution in [0.4, 0.5) is 0 Å². The zero-order chi connectivity index (χ0) is 13.6. The predicted octanol–water partition coefficient (Wildman–Crippen LogP) is 0.721. The van der Waals surface area contributed by atoms with Crippen LogP contribution >= 0.6 is 0 Å². The van der Waals surface area contributed by atoms with E-state index in [1.54, 1.807) is 0 Å². The molecular formula is C12H26N2O3S. The maximum atomic E-state index is 11.8. The van der Waals surface area contributed by atoms with Crippen LogP contribution in [0.25, 0.3) is 0 Å². The Hall–Kier alpha value is -0.170. The summed E-state index contributed by atoms with van der Waals surface area (Å²) in [6.45, 7) is 8.57. The first-order valence-corrected chi connectivity index (χ1v) is 8.28. The topological polar surface area (TPSA) is 67.4 Å². The van der Waals surface area contributed by atoms with E-state index in [1.807, 2.05) is 13.8 Å². The summed E-state index contributed by atoms with van der Waals surface area (Å²) < 4.78 is 31.5. The van der Waals surface area contributed by atoms with Crippen LogP contribution in [0.2, 0.25) is 0 Å². The molecule has 0 bridgehead atoms. The molecule has 2 N–H and O–H groups in total. The Morgan fingerprint density at radius 1 is 1.44 bits per heavy atom. The van der Waals surface area contributed by atoms with E-state index in [1.165, 1.54) is 0 Å². The van der Waals surface area contributed by atoms with Crippen molar-refractivity contribution in [2.24, 2.45) is 5.41 Å². The second-order valence-corrected chi connectivity index (χ2v) is 7.58. The molecule has 1 rings (SSSR count). The smallest absolute Gasteiger partial charge is 0.213 e. The van der Waals surface area contributed by atoms with Gasteiger partial charge in [-0.05, 0) is 38.6 Å². The molecule has 0 aliphatic carbocycles. The van der Waals surface area contributed by atoms with E-state index in [4.69, 9.17) is 4.74 Å². The van der Waals surface area contributed by atoms with Gasteiger partial charge in [0.1, 0.15) is 0 Å². The van der Waals surface area contributed by atoms with Gasteiger partial charge in [-0.1, -0.05) is 6.92 Å². The van der Waals surface area contributed by atoms with Crippen molar-refractivity contribution in [3.05, 3.63) is 0 Å². The van der Waals surface area contributed by atoms with Gasteiger partial charge in [0.05, 0.1) is 18.5 Å². The molecule has 1 unspecified atom stereocenters. The average molecular weight is 278 g/mol. The van der Waals surface area contributed by atoms with Crippen molar-refractivity contribution in [1.82, 2.24) is 10.0 Å². The Kier molecular flexibility index (Phi) is 6.04. The van der Waals surface area contributed by atoms with E-state index in [-0.39, 0.29) is 23.9 Å². The van der Waals surface area contributed by atoms with Gasteiger partial charge in [-0.2, -0.15) is 0 Å². The molecule has 1 fully saturated rings. The van der Waals surface area contributed by atoms with Crippen molar-refractivity contribution >= 4 is 10.0 Å². The highest BCUT2D eigenvalue weighted by molar-refractivity contribution is 7.89. The zero-order valence-corrected chi connectivity index (χ0v) is 12.5. The molecule has 18 heavy (non-hydrogen) atoms. The van der Waals surface area contributed by atoms with E-state index in [2.05, 4.69) is 17.0 Å². The molecule has 0 aromatic carbocycles. The molecule has 5 nitrogen and oxygen atoms in total. The van der Waals surface area contributed by atoms with E-state index in [0.717, 1.165) is 25.9 Å². The lowest BCUT2D eigenvalue weighted by Crippen LogP contribution is -2.46. The molecule has 1 saturated heterocycles. The second-order valence-electron chi connectivity index (χ2n) is 5.65. The Morgan fingerprint density at radius 3 is 2.72 bits per heavy atom. The Labute approximate surface area is 111 Å². The third kappa shape index (κ3) is 6.13. The maximum Gasteiger partial charge on any atom is 0.213 e. The number of sulfonamides is 1. The van der Waals surface area contributed by atoms with E-state index in [0.29, 0.717) is 6.54 Å². The molecule has 6 heteroatoms. The third-order valence-corrected chi connectivity index (χ3v) is 4.50. The molecule has 1 heterocycles. The van der Waals surface area contributed by atoms with Crippen LogP contribution in [0.1, 0.15) is 33.6 Å². The van der Waals surface area contributed by atoms with E-state index in [9.17, 15) is 8.42 Å². The van der Waals surface area contributed by atoms with Crippen LogP contribution in [-0.2, 0) is 14.8 Å². The minimum absolute atomic E-state index is 0.0320. The summed E-state index contributed by atoms with van der Waals surface area (Å²) in [5.41, 5.74) is 0.0320. The molecule has 1 aliphatic heterocycles. The fourth-order valence-corrected chi connectivity index (χ4v) is 3.05. The number of ether oxygens (including phenoxy) is 1. The summed E-state index contributed by atoms with van der Waals surface area (Å²) >= 11 is 0. The van der Waals surface area contributed by atoms with Crippen molar-refractivity contribution in [2.75, 3.05) is 32.0 Å². The molecule has 0 radical (unpaired) electrons. The molecule has 0 aromatic heterocycles. The molecule has 108 valence electrons.